The number of rotatable bonds is 6. The van der Waals surface area contributed by atoms with Gasteiger partial charge in [-0.05, 0) is 43.3 Å². The minimum Gasteiger partial charge on any atom is -0.355 e. The van der Waals surface area contributed by atoms with Gasteiger partial charge in [0.05, 0.1) is 0 Å². The summed E-state index contributed by atoms with van der Waals surface area (Å²) in [5.74, 6) is -1.63. The number of halogens is 2. The summed E-state index contributed by atoms with van der Waals surface area (Å²) >= 11 is 5.03. The molecule has 2 heterocycles. The lowest BCUT2D eigenvalue weighted by atomic mass is 9.97. The first kappa shape index (κ1) is 21.5. The Hall–Kier alpha value is -2.18. The van der Waals surface area contributed by atoms with E-state index in [-0.39, 0.29) is 24.9 Å². The molecule has 0 saturated carbocycles. The number of carbonyl (C=O) groups is 1. The number of nitrogens with one attached hydrogen (secondary N) is 2. The first-order valence-corrected chi connectivity index (χ1v) is 10.9. The van der Waals surface area contributed by atoms with E-state index in [0.717, 1.165) is 16.4 Å². The fourth-order valence-corrected chi connectivity index (χ4v) is 4.91. The topological polar surface area (TPSA) is 100 Å². The van der Waals surface area contributed by atoms with Gasteiger partial charge in [-0.2, -0.15) is 9.40 Å². The van der Waals surface area contributed by atoms with Gasteiger partial charge in [0.25, 0.3) is 0 Å². The third kappa shape index (κ3) is 4.70. The maximum atomic E-state index is 13.9. The van der Waals surface area contributed by atoms with Crippen LogP contribution in [0.1, 0.15) is 18.7 Å². The van der Waals surface area contributed by atoms with E-state index >= 15 is 0 Å². The van der Waals surface area contributed by atoms with E-state index in [1.165, 1.54) is 0 Å². The highest BCUT2D eigenvalue weighted by molar-refractivity contribution is 7.89. The van der Waals surface area contributed by atoms with E-state index in [1.54, 1.807) is 11.6 Å². The molecule has 1 aromatic carbocycles. The summed E-state index contributed by atoms with van der Waals surface area (Å²) in [5.41, 5.74) is 0. The Morgan fingerprint density at radius 1 is 1.34 bits per heavy atom. The van der Waals surface area contributed by atoms with Crippen molar-refractivity contribution in [2.75, 3.05) is 19.6 Å². The third-order valence-corrected chi connectivity index (χ3v) is 7.23. The summed E-state index contributed by atoms with van der Waals surface area (Å²) in [6.07, 6.45) is 1.10. The summed E-state index contributed by atoms with van der Waals surface area (Å²) in [6.45, 7) is 0.493. The molecule has 1 aromatic heterocycles. The number of aromatic nitrogens is 3. The van der Waals surface area contributed by atoms with Gasteiger partial charge in [0, 0.05) is 39.0 Å². The van der Waals surface area contributed by atoms with Gasteiger partial charge >= 0.3 is 0 Å². The van der Waals surface area contributed by atoms with Gasteiger partial charge < -0.3 is 9.88 Å². The number of amides is 1. The second-order valence-electron chi connectivity index (χ2n) is 6.80. The van der Waals surface area contributed by atoms with Crippen LogP contribution in [0.2, 0.25) is 0 Å². The zero-order valence-corrected chi connectivity index (χ0v) is 17.3. The Labute approximate surface area is 172 Å². The molecule has 8 nitrogen and oxygen atoms in total. The van der Waals surface area contributed by atoms with Crippen molar-refractivity contribution in [3.8, 4) is 0 Å². The molecule has 0 unspecified atom stereocenters. The smallest absolute Gasteiger partial charge is 0.246 e. The normalized spacial score (nSPS) is 16.1. The van der Waals surface area contributed by atoms with Crippen LogP contribution in [0.15, 0.2) is 23.1 Å². The van der Waals surface area contributed by atoms with Gasteiger partial charge in [0.15, 0.2) is 4.77 Å². The summed E-state index contributed by atoms with van der Waals surface area (Å²) in [7, 11) is -2.38. The summed E-state index contributed by atoms with van der Waals surface area (Å²) in [4.78, 5) is 11.7. The molecule has 1 aliphatic heterocycles. The minimum atomic E-state index is -4.16. The Morgan fingerprint density at radius 2 is 2.03 bits per heavy atom. The van der Waals surface area contributed by atoms with Crippen molar-refractivity contribution >= 4 is 28.1 Å². The molecular weight excluding hydrogens is 424 g/mol. The van der Waals surface area contributed by atoms with E-state index in [1.807, 2.05) is 0 Å². The molecule has 1 aliphatic rings. The van der Waals surface area contributed by atoms with Crippen molar-refractivity contribution < 1.29 is 22.0 Å². The first-order valence-electron chi connectivity index (χ1n) is 9.03. The van der Waals surface area contributed by atoms with Crippen molar-refractivity contribution in [3.05, 3.63) is 40.4 Å². The number of hydrogen-bond donors (Lipinski definition) is 2. The van der Waals surface area contributed by atoms with Crippen molar-refractivity contribution in [1.29, 1.82) is 0 Å². The number of sulfonamides is 1. The largest absolute Gasteiger partial charge is 0.355 e. The van der Waals surface area contributed by atoms with Crippen LogP contribution >= 0.6 is 12.2 Å². The lowest BCUT2D eigenvalue weighted by Crippen LogP contribution is -2.43. The lowest BCUT2D eigenvalue weighted by Gasteiger charge is -2.30. The summed E-state index contributed by atoms with van der Waals surface area (Å²) in [6, 6.07) is 2.33. The van der Waals surface area contributed by atoms with Crippen LogP contribution in [-0.4, -0.2) is 53.0 Å². The van der Waals surface area contributed by atoms with Crippen LogP contribution in [0.4, 0.5) is 8.78 Å². The van der Waals surface area contributed by atoms with E-state index in [0.29, 0.717) is 42.5 Å². The van der Waals surface area contributed by atoms with E-state index in [9.17, 15) is 22.0 Å². The molecular formula is C17H21F2N5O3S2. The van der Waals surface area contributed by atoms with E-state index in [4.69, 9.17) is 12.2 Å². The Balaban J connectivity index is 1.54. The highest BCUT2D eigenvalue weighted by atomic mass is 32.2. The number of piperidine rings is 1. The lowest BCUT2D eigenvalue weighted by molar-refractivity contribution is -0.126. The first-order chi connectivity index (χ1) is 13.7. The predicted molar refractivity (Wildman–Crippen MR) is 103 cm³/mol. The number of hydrogen-bond acceptors (Lipinski definition) is 5. The zero-order chi connectivity index (χ0) is 21.2. The van der Waals surface area contributed by atoms with E-state index < -0.39 is 26.6 Å². The fourth-order valence-electron chi connectivity index (χ4n) is 3.22. The average Bonchev–Trinajstić information content (AvgIpc) is 3.02. The monoisotopic (exact) mass is 445 g/mol. The molecule has 2 N–H and O–H groups in total. The number of benzene rings is 1. The Kier molecular flexibility index (Phi) is 6.44. The van der Waals surface area contributed by atoms with Crippen molar-refractivity contribution in [2.45, 2.75) is 24.2 Å². The summed E-state index contributed by atoms with van der Waals surface area (Å²) in [5, 5.41) is 9.56. The second kappa shape index (κ2) is 8.67. The molecule has 1 amide bonds. The quantitative estimate of drug-likeness (QED) is 0.657. The molecule has 12 heteroatoms. The molecule has 0 bridgehead atoms. The van der Waals surface area contributed by atoms with E-state index in [2.05, 4.69) is 15.5 Å². The number of nitrogens with zero attached hydrogens (tertiary/aromatic N) is 3. The number of aromatic amines is 1. The van der Waals surface area contributed by atoms with Gasteiger partial charge in [-0.1, -0.05) is 0 Å². The van der Waals surface area contributed by atoms with Gasteiger partial charge in [-0.25, -0.2) is 17.2 Å². The van der Waals surface area contributed by atoms with Crippen molar-refractivity contribution in [3.63, 3.8) is 0 Å². The third-order valence-electron chi connectivity index (χ3n) is 4.96. The maximum Gasteiger partial charge on any atom is 0.246 e. The van der Waals surface area contributed by atoms with Gasteiger partial charge in [-0.15, -0.1) is 0 Å². The van der Waals surface area contributed by atoms with Crippen molar-refractivity contribution in [1.82, 2.24) is 24.4 Å². The van der Waals surface area contributed by atoms with Crippen LogP contribution in [0.3, 0.4) is 0 Å². The highest BCUT2D eigenvalue weighted by Gasteiger charge is 2.33. The van der Waals surface area contributed by atoms with Crippen LogP contribution in [-0.2, 0) is 28.3 Å². The van der Waals surface area contributed by atoms with Crippen LogP contribution in [0.25, 0.3) is 0 Å². The van der Waals surface area contributed by atoms with Crippen LogP contribution in [0, 0.1) is 22.3 Å². The van der Waals surface area contributed by atoms with Crippen molar-refractivity contribution in [2.24, 2.45) is 13.0 Å². The fraction of sp³-hybridized carbons (Fsp3) is 0.471. The molecule has 0 spiro atoms. The zero-order valence-electron chi connectivity index (χ0n) is 15.7. The molecule has 0 atom stereocenters. The van der Waals surface area contributed by atoms with Crippen LogP contribution in [0.5, 0.6) is 0 Å². The molecule has 29 heavy (non-hydrogen) atoms. The Bertz CT molecular complexity index is 1060. The Morgan fingerprint density at radius 3 is 2.66 bits per heavy atom. The second-order valence-corrected chi connectivity index (χ2v) is 9.09. The SMILES string of the molecule is Cn1c(CCNC(=O)C2CCN(S(=O)(=O)c3cc(F)ccc3F)CC2)n[nH]c1=S. The standard InChI is InChI=1S/C17H21F2N5O3S2/c1-23-15(21-22-17(23)28)4-7-20-16(25)11-5-8-24(9-6-11)29(26,27)14-10-12(18)2-3-13(14)19/h2-3,10-11H,4-9H2,1H3,(H,20,25)(H,22,28). The maximum absolute atomic E-state index is 13.9. The molecule has 158 valence electrons. The summed E-state index contributed by atoms with van der Waals surface area (Å²) < 4.78 is 55.7. The predicted octanol–water partition coefficient (Wildman–Crippen LogP) is 1.52. The van der Waals surface area contributed by atoms with Gasteiger partial charge in [0.1, 0.15) is 22.4 Å². The molecule has 3 rings (SSSR count). The molecule has 0 radical (unpaired) electrons. The minimum absolute atomic E-state index is 0.0595. The molecule has 2 aromatic rings. The highest BCUT2D eigenvalue weighted by Crippen LogP contribution is 2.26. The average molecular weight is 446 g/mol. The molecule has 0 aliphatic carbocycles. The number of carbonyl (C=O) groups excluding carboxylic acids is 1. The van der Waals surface area contributed by atoms with Gasteiger partial charge in [0.2, 0.25) is 15.9 Å². The van der Waals surface area contributed by atoms with Gasteiger partial charge in [-0.3, -0.25) is 9.89 Å². The molecule has 1 saturated heterocycles. The van der Waals surface area contributed by atoms with Crippen LogP contribution < -0.4 is 5.32 Å². The number of H-pyrrole nitrogens is 1. The molecule has 1 fully saturated rings.